The maximum absolute atomic E-state index is 5.92. The number of anilines is 1. The lowest BCUT2D eigenvalue weighted by atomic mass is 9.93. The number of hydrogen-bond acceptors (Lipinski definition) is 7. The van der Waals surface area contributed by atoms with Gasteiger partial charge in [0.1, 0.15) is 12.1 Å². The fraction of sp³-hybridized carbons (Fsp3) is 0.615. The smallest absolute Gasteiger partial charge is 0.248 e. The van der Waals surface area contributed by atoms with Crippen LogP contribution in [0.15, 0.2) is 16.9 Å². The highest BCUT2D eigenvalue weighted by Gasteiger charge is 2.39. The molecule has 3 heterocycles. The summed E-state index contributed by atoms with van der Waals surface area (Å²) in [4.78, 5) is 4.47. The van der Waals surface area contributed by atoms with Gasteiger partial charge in [-0.1, -0.05) is 5.16 Å². The second-order valence-corrected chi connectivity index (χ2v) is 5.02. The van der Waals surface area contributed by atoms with Crippen LogP contribution in [0.5, 0.6) is 0 Å². The van der Waals surface area contributed by atoms with Crippen LogP contribution < -0.4 is 5.73 Å². The number of aromatic nitrogens is 4. The lowest BCUT2D eigenvalue weighted by Gasteiger charge is -2.33. The van der Waals surface area contributed by atoms with Crippen LogP contribution in [0, 0.1) is 0 Å². The zero-order chi connectivity index (χ0) is 14.7. The van der Waals surface area contributed by atoms with Crippen molar-refractivity contribution in [1.29, 1.82) is 0 Å². The van der Waals surface area contributed by atoms with Gasteiger partial charge in [-0.05, 0) is 6.92 Å². The Morgan fingerprint density at radius 3 is 2.90 bits per heavy atom. The van der Waals surface area contributed by atoms with E-state index in [1.54, 1.807) is 17.1 Å². The molecule has 114 valence electrons. The predicted molar refractivity (Wildman–Crippen MR) is 73.4 cm³/mol. The van der Waals surface area contributed by atoms with E-state index in [0.29, 0.717) is 43.8 Å². The molecule has 1 saturated heterocycles. The van der Waals surface area contributed by atoms with Gasteiger partial charge in [-0.2, -0.15) is 10.1 Å². The van der Waals surface area contributed by atoms with Crippen LogP contribution in [0.4, 0.5) is 5.69 Å². The van der Waals surface area contributed by atoms with Crippen LogP contribution in [-0.2, 0) is 21.6 Å². The number of nitrogen functional groups attached to an aromatic ring is 1. The molecule has 0 aliphatic carbocycles. The summed E-state index contributed by atoms with van der Waals surface area (Å²) in [7, 11) is 0. The summed E-state index contributed by atoms with van der Waals surface area (Å²) in [5.74, 6) is 1.07. The van der Waals surface area contributed by atoms with Crippen LogP contribution >= 0.6 is 0 Å². The van der Waals surface area contributed by atoms with Gasteiger partial charge in [0, 0.05) is 38.9 Å². The van der Waals surface area contributed by atoms with Gasteiger partial charge in [-0.3, -0.25) is 4.68 Å². The number of rotatable bonds is 5. The van der Waals surface area contributed by atoms with Gasteiger partial charge in [0.25, 0.3) is 0 Å². The molecule has 8 nitrogen and oxygen atoms in total. The first-order valence-electron chi connectivity index (χ1n) is 7.04. The van der Waals surface area contributed by atoms with Crippen molar-refractivity contribution in [2.75, 3.05) is 25.6 Å². The van der Waals surface area contributed by atoms with Gasteiger partial charge in [0.15, 0.2) is 0 Å². The lowest BCUT2D eigenvalue weighted by molar-refractivity contribution is -0.118. The number of nitrogens with zero attached hydrogens (tertiary/aromatic N) is 4. The fourth-order valence-electron chi connectivity index (χ4n) is 2.52. The van der Waals surface area contributed by atoms with E-state index in [1.165, 1.54) is 0 Å². The molecule has 1 aliphatic rings. The minimum atomic E-state index is -0.502. The standard InChI is InChI=1S/C13H19N5O3/c1-2-20-13(3-5-19-6-4-13)12-16-11(21-17-12)9-18-8-10(14)7-15-18/h7-8H,2-6,9,14H2,1H3. The molecule has 0 spiro atoms. The average Bonchev–Trinajstić information content (AvgIpc) is 3.10. The van der Waals surface area contributed by atoms with E-state index < -0.39 is 5.60 Å². The van der Waals surface area contributed by atoms with Crippen LogP contribution in [-0.4, -0.2) is 39.7 Å². The first-order chi connectivity index (χ1) is 10.2. The molecule has 2 aromatic heterocycles. The second-order valence-electron chi connectivity index (χ2n) is 5.02. The normalized spacial score (nSPS) is 18.0. The summed E-state index contributed by atoms with van der Waals surface area (Å²) in [5.41, 5.74) is 5.73. The largest absolute Gasteiger partial charge is 0.396 e. The molecule has 0 bridgehead atoms. The number of ether oxygens (including phenoxy) is 2. The van der Waals surface area contributed by atoms with Crippen LogP contribution in [0.2, 0.25) is 0 Å². The average molecular weight is 293 g/mol. The third-order valence-corrected chi connectivity index (χ3v) is 3.55. The third kappa shape index (κ3) is 2.91. The fourth-order valence-corrected chi connectivity index (χ4v) is 2.52. The highest BCUT2D eigenvalue weighted by Crippen LogP contribution is 2.34. The van der Waals surface area contributed by atoms with Crippen molar-refractivity contribution in [2.45, 2.75) is 31.9 Å². The quantitative estimate of drug-likeness (QED) is 0.875. The highest BCUT2D eigenvalue weighted by atomic mass is 16.5. The van der Waals surface area contributed by atoms with E-state index in [9.17, 15) is 0 Å². The maximum atomic E-state index is 5.92. The van der Waals surface area contributed by atoms with Crippen molar-refractivity contribution in [3.05, 3.63) is 24.1 Å². The van der Waals surface area contributed by atoms with Crippen molar-refractivity contribution in [3.63, 3.8) is 0 Å². The van der Waals surface area contributed by atoms with E-state index in [1.807, 2.05) is 6.92 Å². The monoisotopic (exact) mass is 293 g/mol. The summed E-state index contributed by atoms with van der Waals surface area (Å²) >= 11 is 0. The molecule has 1 aliphatic heterocycles. The zero-order valence-electron chi connectivity index (χ0n) is 12.0. The summed E-state index contributed by atoms with van der Waals surface area (Å²) < 4.78 is 18.3. The summed E-state index contributed by atoms with van der Waals surface area (Å²) in [6, 6.07) is 0. The second kappa shape index (κ2) is 5.82. The molecule has 0 unspecified atom stereocenters. The molecule has 8 heteroatoms. The van der Waals surface area contributed by atoms with Crippen LogP contribution in [0.1, 0.15) is 31.5 Å². The van der Waals surface area contributed by atoms with Crippen LogP contribution in [0.3, 0.4) is 0 Å². The zero-order valence-corrected chi connectivity index (χ0v) is 12.0. The van der Waals surface area contributed by atoms with Gasteiger partial charge in [0.05, 0.1) is 11.9 Å². The maximum Gasteiger partial charge on any atom is 0.248 e. The molecule has 0 saturated carbocycles. The molecule has 2 aromatic rings. The summed E-state index contributed by atoms with van der Waals surface area (Å²) in [6.45, 7) is 4.23. The van der Waals surface area contributed by atoms with Gasteiger partial charge in [-0.15, -0.1) is 0 Å². The van der Waals surface area contributed by atoms with Crippen molar-refractivity contribution >= 4 is 5.69 Å². The molecule has 1 fully saturated rings. The minimum Gasteiger partial charge on any atom is -0.396 e. The lowest BCUT2D eigenvalue weighted by Crippen LogP contribution is -2.37. The summed E-state index contributed by atoms with van der Waals surface area (Å²) in [6.07, 6.45) is 4.76. The Hall–Kier alpha value is -1.93. The van der Waals surface area contributed by atoms with E-state index in [0.717, 1.165) is 12.8 Å². The van der Waals surface area contributed by atoms with Crippen LogP contribution in [0.25, 0.3) is 0 Å². The molecule has 21 heavy (non-hydrogen) atoms. The van der Waals surface area contributed by atoms with Gasteiger partial charge in [0.2, 0.25) is 11.7 Å². The first-order valence-corrected chi connectivity index (χ1v) is 7.04. The predicted octanol–water partition coefficient (Wildman–Crippen LogP) is 0.939. The Bertz CT molecular complexity index is 583. The van der Waals surface area contributed by atoms with Crippen molar-refractivity contribution in [3.8, 4) is 0 Å². The summed E-state index contributed by atoms with van der Waals surface area (Å²) in [5, 5.41) is 8.19. The van der Waals surface area contributed by atoms with Crippen molar-refractivity contribution in [2.24, 2.45) is 0 Å². The SMILES string of the molecule is CCOC1(c2noc(Cn3cc(N)cn3)n2)CCOCC1. The molecule has 2 N–H and O–H groups in total. The molecule has 0 atom stereocenters. The van der Waals surface area contributed by atoms with E-state index in [2.05, 4.69) is 15.2 Å². The minimum absolute atomic E-state index is 0.392. The highest BCUT2D eigenvalue weighted by molar-refractivity contribution is 5.30. The molecule has 3 rings (SSSR count). The molecule has 0 aromatic carbocycles. The molecular formula is C13H19N5O3. The number of hydrogen-bond donors (Lipinski definition) is 1. The van der Waals surface area contributed by atoms with E-state index >= 15 is 0 Å². The van der Waals surface area contributed by atoms with E-state index in [4.69, 9.17) is 19.7 Å². The van der Waals surface area contributed by atoms with Gasteiger partial charge in [-0.25, -0.2) is 0 Å². The Balaban J connectivity index is 1.78. The van der Waals surface area contributed by atoms with E-state index in [-0.39, 0.29) is 0 Å². The topological polar surface area (TPSA) is 101 Å². The van der Waals surface area contributed by atoms with Crippen molar-refractivity contribution in [1.82, 2.24) is 19.9 Å². The Labute approximate surface area is 122 Å². The van der Waals surface area contributed by atoms with Gasteiger partial charge >= 0.3 is 0 Å². The number of nitrogens with two attached hydrogens (primary N) is 1. The first kappa shape index (κ1) is 14.0. The Kier molecular flexibility index (Phi) is 3.89. The molecule has 0 amide bonds. The van der Waals surface area contributed by atoms with Crippen molar-refractivity contribution < 1.29 is 14.0 Å². The molecular weight excluding hydrogens is 274 g/mol. The third-order valence-electron chi connectivity index (χ3n) is 3.55. The van der Waals surface area contributed by atoms with Gasteiger partial charge < -0.3 is 19.7 Å². The molecule has 0 radical (unpaired) electrons. The Morgan fingerprint density at radius 1 is 1.43 bits per heavy atom. The Morgan fingerprint density at radius 2 is 2.24 bits per heavy atom.